The van der Waals surface area contributed by atoms with Crippen molar-refractivity contribution in [2.75, 3.05) is 6.61 Å². The van der Waals surface area contributed by atoms with Gasteiger partial charge in [0.2, 0.25) is 0 Å². The molecule has 1 aromatic carbocycles. The van der Waals surface area contributed by atoms with Crippen LogP contribution in [0, 0.1) is 6.92 Å². The second-order valence-electron chi connectivity index (χ2n) is 2.82. The molecule has 3 heteroatoms. The lowest BCUT2D eigenvalue weighted by Gasteiger charge is -2.05. The molecule has 0 aliphatic rings. The number of aliphatic carboxylic acids is 1. The molecule has 1 aromatic rings. The number of hydrogen-bond donors (Lipinski definition) is 1. The molecule has 1 rings (SSSR count). The predicted octanol–water partition coefficient (Wildman–Crippen LogP) is 2.01. The first-order chi connectivity index (χ1) is 6.70. The van der Waals surface area contributed by atoms with Gasteiger partial charge in [-0.25, -0.2) is 4.79 Å². The maximum Gasteiger partial charge on any atom is 0.328 e. The van der Waals surface area contributed by atoms with Crippen LogP contribution in [0.15, 0.2) is 36.4 Å². The van der Waals surface area contributed by atoms with Crippen molar-refractivity contribution in [1.29, 1.82) is 0 Å². The zero-order valence-corrected chi connectivity index (χ0v) is 7.93. The lowest BCUT2D eigenvalue weighted by Crippen LogP contribution is -1.96. The zero-order valence-electron chi connectivity index (χ0n) is 7.93. The second kappa shape index (κ2) is 5.07. The molecule has 0 heterocycles. The summed E-state index contributed by atoms with van der Waals surface area (Å²) in [5.41, 5.74) is 1.04. The van der Waals surface area contributed by atoms with Gasteiger partial charge in [-0.05, 0) is 24.6 Å². The van der Waals surface area contributed by atoms with E-state index in [2.05, 4.69) is 0 Å². The molecule has 14 heavy (non-hydrogen) atoms. The molecule has 0 spiro atoms. The van der Waals surface area contributed by atoms with E-state index < -0.39 is 5.97 Å². The van der Waals surface area contributed by atoms with Crippen molar-refractivity contribution in [3.8, 4) is 5.75 Å². The van der Waals surface area contributed by atoms with Gasteiger partial charge in [0.05, 0.1) is 0 Å². The minimum Gasteiger partial charge on any atom is -0.489 e. The van der Waals surface area contributed by atoms with Crippen molar-refractivity contribution in [2.24, 2.45) is 0 Å². The highest BCUT2D eigenvalue weighted by molar-refractivity contribution is 5.79. The third-order valence-electron chi connectivity index (χ3n) is 1.69. The van der Waals surface area contributed by atoms with E-state index in [1.54, 1.807) is 0 Å². The average molecular weight is 192 g/mol. The van der Waals surface area contributed by atoms with Crippen LogP contribution in [-0.4, -0.2) is 17.7 Å². The van der Waals surface area contributed by atoms with Crippen LogP contribution >= 0.6 is 0 Å². The summed E-state index contributed by atoms with van der Waals surface area (Å²) in [7, 11) is 0. The Bertz CT molecular complexity index is 342. The normalized spacial score (nSPS) is 10.4. The van der Waals surface area contributed by atoms with Gasteiger partial charge < -0.3 is 9.84 Å². The van der Waals surface area contributed by atoms with Crippen LogP contribution in [0.1, 0.15) is 5.56 Å². The number of para-hydroxylation sites is 1. The highest BCUT2D eigenvalue weighted by atomic mass is 16.5. The first kappa shape index (κ1) is 10.3. The lowest BCUT2D eigenvalue weighted by atomic mass is 10.2. The molecule has 0 saturated carbocycles. The van der Waals surface area contributed by atoms with Crippen LogP contribution in [0.3, 0.4) is 0 Å². The molecule has 0 saturated heterocycles. The van der Waals surface area contributed by atoms with Crippen molar-refractivity contribution in [2.45, 2.75) is 6.92 Å². The number of hydrogen-bond acceptors (Lipinski definition) is 2. The van der Waals surface area contributed by atoms with E-state index in [0.29, 0.717) is 0 Å². The van der Waals surface area contributed by atoms with Crippen LogP contribution in [0.25, 0.3) is 0 Å². The number of carboxylic acids is 1. The molecule has 0 aromatic heterocycles. The van der Waals surface area contributed by atoms with Crippen molar-refractivity contribution in [1.82, 2.24) is 0 Å². The van der Waals surface area contributed by atoms with Crippen LogP contribution < -0.4 is 4.74 Å². The highest BCUT2D eigenvalue weighted by Crippen LogP contribution is 2.15. The maximum absolute atomic E-state index is 10.1. The minimum absolute atomic E-state index is 0.275. The van der Waals surface area contributed by atoms with Gasteiger partial charge in [-0.2, -0.15) is 0 Å². The molecule has 74 valence electrons. The molecule has 3 nitrogen and oxygen atoms in total. The SMILES string of the molecule is Cc1ccccc1OCC=CC(=O)O. The van der Waals surface area contributed by atoms with E-state index in [-0.39, 0.29) is 6.61 Å². The van der Waals surface area contributed by atoms with Gasteiger partial charge in [0.1, 0.15) is 12.4 Å². The fraction of sp³-hybridized carbons (Fsp3) is 0.182. The molecular formula is C11H12O3. The van der Waals surface area contributed by atoms with Crippen molar-refractivity contribution < 1.29 is 14.6 Å². The molecule has 0 bridgehead atoms. The summed E-state index contributed by atoms with van der Waals surface area (Å²) >= 11 is 0. The Morgan fingerprint density at radius 3 is 2.86 bits per heavy atom. The number of rotatable bonds is 4. The predicted molar refractivity (Wildman–Crippen MR) is 53.4 cm³/mol. The average Bonchev–Trinajstić information content (AvgIpc) is 2.15. The first-order valence-corrected chi connectivity index (χ1v) is 4.28. The molecule has 0 aliphatic heterocycles. The van der Waals surface area contributed by atoms with Gasteiger partial charge in [-0.1, -0.05) is 18.2 Å². The summed E-state index contributed by atoms with van der Waals surface area (Å²) < 4.78 is 5.34. The second-order valence-corrected chi connectivity index (χ2v) is 2.82. The standard InChI is InChI=1S/C11H12O3/c1-9-5-2-3-6-10(9)14-8-4-7-11(12)13/h2-7H,8H2,1H3,(H,12,13). The third-order valence-corrected chi connectivity index (χ3v) is 1.69. The molecule has 0 radical (unpaired) electrons. The molecule has 0 fully saturated rings. The Hall–Kier alpha value is -1.77. The monoisotopic (exact) mass is 192 g/mol. The van der Waals surface area contributed by atoms with E-state index in [9.17, 15) is 4.79 Å². The largest absolute Gasteiger partial charge is 0.489 e. The van der Waals surface area contributed by atoms with Gasteiger partial charge in [-0.15, -0.1) is 0 Å². The lowest BCUT2D eigenvalue weighted by molar-refractivity contribution is -0.131. The number of ether oxygens (including phenoxy) is 1. The van der Waals surface area contributed by atoms with E-state index in [0.717, 1.165) is 17.4 Å². The Morgan fingerprint density at radius 2 is 2.21 bits per heavy atom. The molecular weight excluding hydrogens is 180 g/mol. The van der Waals surface area contributed by atoms with E-state index in [1.807, 2.05) is 31.2 Å². The number of aryl methyl sites for hydroxylation is 1. The fourth-order valence-corrected chi connectivity index (χ4v) is 1.01. The summed E-state index contributed by atoms with van der Waals surface area (Å²) in [6.07, 6.45) is 2.53. The van der Waals surface area contributed by atoms with Gasteiger partial charge >= 0.3 is 5.97 Å². The molecule has 1 N–H and O–H groups in total. The van der Waals surface area contributed by atoms with E-state index in [1.165, 1.54) is 6.08 Å². The van der Waals surface area contributed by atoms with Crippen LogP contribution in [-0.2, 0) is 4.79 Å². The molecule has 0 atom stereocenters. The summed E-state index contributed by atoms with van der Waals surface area (Å²) in [6.45, 7) is 2.22. The molecule has 0 amide bonds. The Kier molecular flexibility index (Phi) is 3.73. The van der Waals surface area contributed by atoms with Gasteiger partial charge in [0.15, 0.2) is 0 Å². The topological polar surface area (TPSA) is 46.5 Å². The first-order valence-electron chi connectivity index (χ1n) is 4.28. The van der Waals surface area contributed by atoms with Crippen LogP contribution in [0.4, 0.5) is 0 Å². The Morgan fingerprint density at radius 1 is 1.50 bits per heavy atom. The highest BCUT2D eigenvalue weighted by Gasteiger charge is 1.95. The van der Waals surface area contributed by atoms with Gasteiger partial charge in [0.25, 0.3) is 0 Å². The quantitative estimate of drug-likeness (QED) is 0.742. The molecule has 0 aliphatic carbocycles. The van der Waals surface area contributed by atoms with E-state index in [4.69, 9.17) is 9.84 Å². The van der Waals surface area contributed by atoms with Crippen molar-refractivity contribution >= 4 is 5.97 Å². The Balaban J connectivity index is 2.46. The summed E-state index contributed by atoms with van der Waals surface area (Å²) in [5, 5.41) is 8.32. The third kappa shape index (κ3) is 3.31. The zero-order chi connectivity index (χ0) is 10.4. The van der Waals surface area contributed by atoms with Gasteiger partial charge in [-0.3, -0.25) is 0 Å². The van der Waals surface area contributed by atoms with E-state index >= 15 is 0 Å². The molecule has 0 unspecified atom stereocenters. The smallest absolute Gasteiger partial charge is 0.328 e. The maximum atomic E-state index is 10.1. The summed E-state index contributed by atoms with van der Waals surface area (Å²) in [5.74, 6) is -0.180. The van der Waals surface area contributed by atoms with Crippen LogP contribution in [0.5, 0.6) is 5.75 Å². The van der Waals surface area contributed by atoms with Crippen molar-refractivity contribution in [3.63, 3.8) is 0 Å². The summed E-state index contributed by atoms with van der Waals surface area (Å²) in [4.78, 5) is 10.1. The number of carboxylic acid groups (broad SMARTS) is 1. The van der Waals surface area contributed by atoms with Gasteiger partial charge in [0, 0.05) is 6.08 Å². The van der Waals surface area contributed by atoms with Crippen molar-refractivity contribution in [3.05, 3.63) is 42.0 Å². The van der Waals surface area contributed by atoms with Crippen LogP contribution in [0.2, 0.25) is 0 Å². The Labute approximate surface area is 82.6 Å². The number of carbonyl (C=O) groups is 1. The summed E-state index contributed by atoms with van der Waals surface area (Å²) in [6, 6.07) is 7.60. The fourth-order valence-electron chi connectivity index (χ4n) is 1.01. The number of benzene rings is 1. The minimum atomic E-state index is -0.960.